The van der Waals surface area contributed by atoms with E-state index in [9.17, 15) is 4.79 Å². The minimum Gasteiger partial charge on any atom is -0.383 e. The summed E-state index contributed by atoms with van der Waals surface area (Å²) >= 11 is 0. The molecule has 13 heavy (non-hydrogen) atoms. The Hall–Kier alpha value is -0.830. The number of rotatable bonds is 4. The zero-order valence-corrected chi connectivity index (χ0v) is 8.38. The lowest BCUT2D eigenvalue weighted by molar-refractivity contribution is -0.115. The summed E-state index contributed by atoms with van der Waals surface area (Å²) in [5, 5.41) is 0. The van der Waals surface area contributed by atoms with E-state index in [4.69, 9.17) is 4.74 Å². The molecule has 0 spiro atoms. The lowest BCUT2D eigenvalue weighted by Crippen LogP contribution is -2.34. The molecule has 1 aliphatic rings. The number of ketones is 1. The zero-order valence-electron chi connectivity index (χ0n) is 8.38. The van der Waals surface area contributed by atoms with Crippen LogP contribution in [0.15, 0.2) is 12.3 Å². The van der Waals surface area contributed by atoms with Gasteiger partial charge in [-0.05, 0) is 12.8 Å². The normalized spacial score (nSPS) is 22.0. The SMILES string of the molecule is C=C(C(C)=O)N1CCC[C@H]1COC. The molecule has 0 bridgehead atoms. The Labute approximate surface area is 79.4 Å². The number of methoxy groups -OCH3 is 1. The first-order valence-electron chi connectivity index (χ1n) is 4.62. The van der Waals surface area contributed by atoms with Crippen LogP contribution in [0.5, 0.6) is 0 Å². The van der Waals surface area contributed by atoms with E-state index < -0.39 is 0 Å². The van der Waals surface area contributed by atoms with Crippen LogP contribution < -0.4 is 0 Å². The average Bonchev–Trinajstić information content (AvgIpc) is 2.52. The number of allylic oxidation sites excluding steroid dienone is 1. The molecule has 1 fully saturated rings. The van der Waals surface area contributed by atoms with Crippen molar-refractivity contribution in [3.8, 4) is 0 Å². The Morgan fingerprint density at radius 1 is 1.69 bits per heavy atom. The molecule has 3 nitrogen and oxygen atoms in total. The van der Waals surface area contributed by atoms with Crippen LogP contribution in [0.1, 0.15) is 19.8 Å². The minimum atomic E-state index is 0.0583. The predicted molar refractivity (Wildman–Crippen MR) is 51.4 cm³/mol. The van der Waals surface area contributed by atoms with E-state index >= 15 is 0 Å². The number of ether oxygens (including phenoxy) is 1. The molecule has 0 amide bonds. The van der Waals surface area contributed by atoms with Gasteiger partial charge in [-0.1, -0.05) is 6.58 Å². The van der Waals surface area contributed by atoms with E-state index in [0.717, 1.165) is 19.4 Å². The summed E-state index contributed by atoms with van der Waals surface area (Å²) in [6.07, 6.45) is 2.22. The predicted octanol–water partition coefficient (Wildman–Crippen LogP) is 1.20. The standard InChI is InChI=1S/C10H17NO2/c1-8(9(2)12)11-6-4-5-10(11)7-13-3/h10H,1,4-7H2,2-3H3/t10-/m0/s1. The van der Waals surface area contributed by atoms with E-state index in [-0.39, 0.29) is 5.78 Å². The number of hydrogen-bond acceptors (Lipinski definition) is 3. The molecule has 0 saturated carbocycles. The molecule has 0 aromatic heterocycles. The van der Waals surface area contributed by atoms with Crippen LogP contribution in [0.3, 0.4) is 0 Å². The Balaban J connectivity index is 2.57. The van der Waals surface area contributed by atoms with Crippen molar-refractivity contribution >= 4 is 5.78 Å². The van der Waals surface area contributed by atoms with Crippen LogP contribution in [0.2, 0.25) is 0 Å². The van der Waals surface area contributed by atoms with Gasteiger partial charge in [-0.15, -0.1) is 0 Å². The van der Waals surface area contributed by atoms with Gasteiger partial charge in [0.25, 0.3) is 0 Å². The van der Waals surface area contributed by atoms with E-state index in [0.29, 0.717) is 18.3 Å². The minimum absolute atomic E-state index is 0.0583. The van der Waals surface area contributed by atoms with E-state index in [1.807, 2.05) is 0 Å². The molecular weight excluding hydrogens is 166 g/mol. The third kappa shape index (κ3) is 2.31. The van der Waals surface area contributed by atoms with Crippen LogP contribution in [0, 0.1) is 0 Å². The summed E-state index contributed by atoms with van der Waals surface area (Å²) in [6, 6.07) is 0.349. The maximum absolute atomic E-state index is 11.1. The summed E-state index contributed by atoms with van der Waals surface area (Å²) in [5.74, 6) is 0.0583. The van der Waals surface area contributed by atoms with Gasteiger partial charge in [-0.2, -0.15) is 0 Å². The molecule has 3 heteroatoms. The first-order valence-corrected chi connectivity index (χ1v) is 4.62. The second-order valence-electron chi connectivity index (χ2n) is 3.45. The highest BCUT2D eigenvalue weighted by Gasteiger charge is 2.26. The van der Waals surface area contributed by atoms with Crippen molar-refractivity contribution in [2.75, 3.05) is 20.3 Å². The number of likely N-dealkylation sites (tertiary alicyclic amines) is 1. The van der Waals surface area contributed by atoms with Crippen molar-refractivity contribution in [2.45, 2.75) is 25.8 Å². The Morgan fingerprint density at radius 3 is 2.92 bits per heavy atom. The molecule has 1 atom stereocenters. The van der Waals surface area contributed by atoms with Gasteiger partial charge >= 0.3 is 0 Å². The second-order valence-corrected chi connectivity index (χ2v) is 3.45. The molecule has 1 saturated heterocycles. The topological polar surface area (TPSA) is 29.5 Å². The zero-order chi connectivity index (χ0) is 9.84. The maximum Gasteiger partial charge on any atom is 0.175 e. The largest absolute Gasteiger partial charge is 0.383 e. The van der Waals surface area contributed by atoms with E-state index in [1.54, 1.807) is 14.0 Å². The van der Waals surface area contributed by atoms with Crippen molar-refractivity contribution in [1.82, 2.24) is 4.90 Å². The quantitative estimate of drug-likeness (QED) is 0.613. The van der Waals surface area contributed by atoms with Crippen molar-refractivity contribution in [1.29, 1.82) is 0 Å². The molecule has 1 heterocycles. The highest BCUT2D eigenvalue weighted by atomic mass is 16.5. The van der Waals surface area contributed by atoms with Crippen molar-refractivity contribution in [2.24, 2.45) is 0 Å². The third-order valence-electron chi connectivity index (χ3n) is 2.49. The van der Waals surface area contributed by atoms with E-state index in [2.05, 4.69) is 11.5 Å². The third-order valence-corrected chi connectivity index (χ3v) is 2.49. The first-order chi connectivity index (χ1) is 6.16. The number of nitrogens with zero attached hydrogens (tertiary/aromatic N) is 1. The molecule has 0 radical (unpaired) electrons. The van der Waals surface area contributed by atoms with Gasteiger partial charge in [-0.3, -0.25) is 4.79 Å². The summed E-state index contributed by atoms with van der Waals surface area (Å²) in [5.41, 5.74) is 0.625. The smallest absolute Gasteiger partial charge is 0.175 e. The first kappa shape index (κ1) is 10.3. The van der Waals surface area contributed by atoms with Crippen LogP contribution in [0.25, 0.3) is 0 Å². The van der Waals surface area contributed by atoms with Gasteiger partial charge in [0.05, 0.1) is 18.3 Å². The Morgan fingerprint density at radius 2 is 2.38 bits per heavy atom. The number of carbonyl (C=O) groups excluding carboxylic acids is 1. The number of hydrogen-bond donors (Lipinski definition) is 0. The fraction of sp³-hybridized carbons (Fsp3) is 0.700. The molecule has 1 aliphatic heterocycles. The Kier molecular flexibility index (Phi) is 3.48. The lowest BCUT2D eigenvalue weighted by Gasteiger charge is -2.26. The average molecular weight is 183 g/mol. The molecule has 0 N–H and O–H groups in total. The lowest BCUT2D eigenvalue weighted by atomic mass is 10.2. The van der Waals surface area contributed by atoms with Crippen LogP contribution >= 0.6 is 0 Å². The van der Waals surface area contributed by atoms with Gasteiger partial charge < -0.3 is 9.64 Å². The van der Waals surface area contributed by atoms with Crippen molar-refractivity contribution in [3.05, 3.63) is 12.3 Å². The van der Waals surface area contributed by atoms with Crippen molar-refractivity contribution < 1.29 is 9.53 Å². The van der Waals surface area contributed by atoms with Gasteiger partial charge in [0.15, 0.2) is 5.78 Å². The highest BCUT2D eigenvalue weighted by Crippen LogP contribution is 2.21. The summed E-state index contributed by atoms with van der Waals surface area (Å²) in [4.78, 5) is 13.2. The van der Waals surface area contributed by atoms with Crippen molar-refractivity contribution in [3.63, 3.8) is 0 Å². The van der Waals surface area contributed by atoms with Gasteiger partial charge in [0, 0.05) is 20.6 Å². The van der Waals surface area contributed by atoms with Gasteiger partial charge in [0.2, 0.25) is 0 Å². The van der Waals surface area contributed by atoms with Crippen LogP contribution in [0.4, 0.5) is 0 Å². The summed E-state index contributed by atoms with van der Waals surface area (Å²) in [7, 11) is 1.69. The fourth-order valence-corrected chi connectivity index (χ4v) is 1.76. The summed E-state index contributed by atoms with van der Waals surface area (Å²) < 4.78 is 5.09. The highest BCUT2D eigenvalue weighted by molar-refractivity contribution is 5.92. The molecule has 0 aromatic carbocycles. The van der Waals surface area contributed by atoms with Crippen LogP contribution in [-0.4, -0.2) is 37.0 Å². The van der Waals surface area contributed by atoms with Gasteiger partial charge in [-0.25, -0.2) is 0 Å². The monoisotopic (exact) mass is 183 g/mol. The number of Topliss-reactive ketones (excluding diaryl/α,β-unsaturated/α-hetero) is 1. The number of carbonyl (C=O) groups is 1. The Bertz CT molecular complexity index is 213. The molecule has 0 aromatic rings. The van der Waals surface area contributed by atoms with Gasteiger partial charge in [0.1, 0.15) is 0 Å². The van der Waals surface area contributed by atoms with Crippen LogP contribution in [-0.2, 0) is 9.53 Å². The van der Waals surface area contributed by atoms with E-state index in [1.165, 1.54) is 0 Å². The molecular formula is C10H17NO2. The molecule has 0 unspecified atom stereocenters. The molecule has 1 rings (SSSR count). The maximum atomic E-state index is 11.1. The second kappa shape index (κ2) is 4.42. The summed E-state index contributed by atoms with van der Waals surface area (Å²) in [6.45, 7) is 6.97. The molecule has 0 aliphatic carbocycles. The molecule has 74 valence electrons. The fourth-order valence-electron chi connectivity index (χ4n) is 1.76.